The molecule has 0 bridgehead atoms. The number of likely N-dealkylation sites (tertiary alicyclic amines) is 1. The van der Waals surface area contributed by atoms with Gasteiger partial charge in [0.2, 0.25) is 5.91 Å². The molecule has 1 aliphatic heterocycles. The SMILES string of the molecule is CN(Cc1ccco1)C(=O)CN1CCCC1CO. The van der Waals surface area contributed by atoms with Crippen LogP contribution >= 0.6 is 0 Å². The predicted octanol–water partition coefficient (Wildman–Crippen LogP) is 0.695. The first-order chi connectivity index (χ1) is 8.70. The first kappa shape index (κ1) is 13.1. The highest BCUT2D eigenvalue weighted by atomic mass is 16.3. The van der Waals surface area contributed by atoms with E-state index in [-0.39, 0.29) is 18.6 Å². The highest BCUT2D eigenvalue weighted by Gasteiger charge is 2.26. The second-order valence-corrected chi connectivity index (χ2v) is 4.78. The van der Waals surface area contributed by atoms with E-state index in [0.29, 0.717) is 13.1 Å². The number of hydrogen-bond acceptors (Lipinski definition) is 4. The molecule has 1 N–H and O–H groups in total. The van der Waals surface area contributed by atoms with Crippen molar-refractivity contribution in [1.29, 1.82) is 0 Å². The second-order valence-electron chi connectivity index (χ2n) is 4.78. The number of furan rings is 1. The van der Waals surface area contributed by atoms with Crippen LogP contribution in [-0.4, -0.2) is 53.6 Å². The van der Waals surface area contributed by atoms with Gasteiger partial charge in [-0.05, 0) is 31.5 Å². The lowest BCUT2D eigenvalue weighted by Crippen LogP contribution is -2.41. The number of aliphatic hydroxyl groups excluding tert-OH is 1. The molecule has 0 aliphatic carbocycles. The first-order valence-corrected chi connectivity index (χ1v) is 6.32. The molecule has 1 fully saturated rings. The molecule has 100 valence electrons. The molecule has 1 unspecified atom stereocenters. The Balaban J connectivity index is 1.83. The minimum Gasteiger partial charge on any atom is -0.467 e. The molecule has 1 aromatic rings. The molecular weight excluding hydrogens is 232 g/mol. The second kappa shape index (κ2) is 6.02. The zero-order valence-electron chi connectivity index (χ0n) is 10.7. The Morgan fingerprint density at radius 2 is 2.50 bits per heavy atom. The van der Waals surface area contributed by atoms with Gasteiger partial charge in [0.15, 0.2) is 0 Å². The van der Waals surface area contributed by atoms with Gasteiger partial charge >= 0.3 is 0 Å². The molecule has 0 radical (unpaired) electrons. The Labute approximate surface area is 107 Å². The lowest BCUT2D eigenvalue weighted by Gasteiger charge is -2.24. The van der Waals surface area contributed by atoms with E-state index < -0.39 is 0 Å². The maximum absolute atomic E-state index is 12.0. The molecule has 2 rings (SSSR count). The van der Waals surface area contributed by atoms with Gasteiger partial charge in [0.1, 0.15) is 5.76 Å². The summed E-state index contributed by atoms with van der Waals surface area (Å²) in [6.45, 7) is 1.90. The van der Waals surface area contributed by atoms with Crippen molar-refractivity contribution in [3.05, 3.63) is 24.2 Å². The molecule has 1 aliphatic rings. The van der Waals surface area contributed by atoms with Crippen molar-refractivity contribution >= 4 is 5.91 Å². The van der Waals surface area contributed by atoms with Gasteiger partial charge in [0, 0.05) is 13.1 Å². The van der Waals surface area contributed by atoms with E-state index >= 15 is 0 Å². The van der Waals surface area contributed by atoms with Gasteiger partial charge in [-0.1, -0.05) is 0 Å². The molecule has 0 saturated carbocycles. The summed E-state index contributed by atoms with van der Waals surface area (Å²) >= 11 is 0. The van der Waals surface area contributed by atoms with Crippen LogP contribution in [0.3, 0.4) is 0 Å². The van der Waals surface area contributed by atoms with Crippen LogP contribution in [0.4, 0.5) is 0 Å². The van der Waals surface area contributed by atoms with E-state index in [9.17, 15) is 9.90 Å². The van der Waals surface area contributed by atoms with Gasteiger partial charge in [-0.25, -0.2) is 0 Å². The van der Waals surface area contributed by atoms with Gasteiger partial charge in [-0.2, -0.15) is 0 Å². The van der Waals surface area contributed by atoms with E-state index in [4.69, 9.17) is 4.42 Å². The third-order valence-electron chi connectivity index (χ3n) is 3.45. The van der Waals surface area contributed by atoms with Crippen molar-refractivity contribution < 1.29 is 14.3 Å². The van der Waals surface area contributed by atoms with Crippen molar-refractivity contribution in [3.63, 3.8) is 0 Å². The van der Waals surface area contributed by atoms with Gasteiger partial charge in [-0.15, -0.1) is 0 Å². The van der Waals surface area contributed by atoms with E-state index in [2.05, 4.69) is 4.90 Å². The summed E-state index contributed by atoms with van der Waals surface area (Å²) in [7, 11) is 1.77. The lowest BCUT2D eigenvalue weighted by atomic mass is 10.2. The topological polar surface area (TPSA) is 56.9 Å². The third kappa shape index (κ3) is 3.11. The zero-order valence-corrected chi connectivity index (χ0v) is 10.7. The zero-order chi connectivity index (χ0) is 13.0. The van der Waals surface area contributed by atoms with Crippen LogP contribution in [0.1, 0.15) is 18.6 Å². The molecule has 18 heavy (non-hydrogen) atoms. The first-order valence-electron chi connectivity index (χ1n) is 6.32. The number of aliphatic hydroxyl groups is 1. The van der Waals surface area contributed by atoms with Crippen molar-refractivity contribution in [2.45, 2.75) is 25.4 Å². The average Bonchev–Trinajstić information content (AvgIpc) is 2.99. The fourth-order valence-corrected chi connectivity index (χ4v) is 2.33. The van der Waals surface area contributed by atoms with Crippen LogP contribution < -0.4 is 0 Å². The molecule has 1 amide bonds. The molecule has 1 atom stereocenters. The number of likely N-dealkylation sites (N-methyl/N-ethyl adjacent to an activating group) is 1. The van der Waals surface area contributed by atoms with Crippen LogP contribution in [0, 0.1) is 0 Å². The number of carbonyl (C=O) groups is 1. The molecule has 0 aromatic carbocycles. The number of nitrogens with zero attached hydrogens (tertiary/aromatic N) is 2. The Kier molecular flexibility index (Phi) is 4.38. The maximum Gasteiger partial charge on any atom is 0.236 e. The summed E-state index contributed by atoms with van der Waals surface area (Å²) in [5.74, 6) is 0.845. The lowest BCUT2D eigenvalue weighted by molar-refractivity contribution is -0.132. The molecule has 1 saturated heterocycles. The van der Waals surface area contributed by atoms with Crippen LogP contribution in [0.2, 0.25) is 0 Å². The minimum atomic E-state index is 0.0618. The van der Waals surface area contributed by atoms with Gasteiger partial charge in [0.05, 0.1) is 26.0 Å². The summed E-state index contributed by atoms with van der Waals surface area (Å²) in [4.78, 5) is 15.8. The van der Waals surface area contributed by atoms with Crippen molar-refractivity contribution in [1.82, 2.24) is 9.80 Å². The largest absolute Gasteiger partial charge is 0.467 e. The quantitative estimate of drug-likeness (QED) is 0.838. The van der Waals surface area contributed by atoms with Gasteiger partial charge < -0.3 is 14.4 Å². The summed E-state index contributed by atoms with van der Waals surface area (Å²) in [6, 6.07) is 3.82. The molecular formula is C13H20N2O3. The normalized spacial score (nSPS) is 20.2. The smallest absolute Gasteiger partial charge is 0.236 e. The van der Waals surface area contributed by atoms with Crippen LogP contribution in [0.25, 0.3) is 0 Å². The van der Waals surface area contributed by atoms with Crippen LogP contribution in [-0.2, 0) is 11.3 Å². The predicted molar refractivity (Wildman–Crippen MR) is 66.9 cm³/mol. The van der Waals surface area contributed by atoms with Gasteiger partial charge in [-0.3, -0.25) is 9.69 Å². The molecule has 1 aromatic heterocycles. The summed E-state index contributed by atoms with van der Waals surface area (Å²) < 4.78 is 5.22. The van der Waals surface area contributed by atoms with Crippen LogP contribution in [0.5, 0.6) is 0 Å². The number of hydrogen-bond donors (Lipinski definition) is 1. The van der Waals surface area contributed by atoms with Crippen molar-refractivity contribution in [2.24, 2.45) is 0 Å². The Bertz CT molecular complexity index is 378. The monoisotopic (exact) mass is 252 g/mol. The summed E-state index contributed by atoms with van der Waals surface area (Å²) in [6.07, 6.45) is 3.64. The van der Waals surface area contributed by atoms with Crippen LogP contribution in [0.15, 0.2) is 22.8 Å². The molecule has 2 heterocycles. The average molecular weight is 252 g/mol. The number of carbonyl (C=O) groups excluding carboxylic acids is 1. The van der Waals surface area contributed by atoms with Crippen molar-refractivity contribution in [3.8, 4) is 0 Å². The fourth-order valence-electron chi connectivity index (χ4n) is 2.33. The third-order valence-corrected chi connectivity index (χ3v) is 3.45. The Morgan fingerprint density at radius 1 is 1.67 bits per heavy atom. The van der Waals surface area contributed by atoms with E-state index in [1.54, 1.807) is 18.2 Å². The number of amides is 1. The fraction of sp³-hybridized carbons (Fsp3) is 0.615. The summed E-state index contributed by atoms with van der Waals surface area (Å²) in [5, 5.41) is 9.21. The van der Waals surface area contributed by atoms with E-state index in [1.165, 1.54) is 0 Å². The highest BCUT2D eigenvalue weighted by Crippen LogP contribution is 2.16. The molecule has 0 spiro atoms. The number of rotatable bonds is 5. The van der Waals surface area contributed by atoms with E-state index in [1.807, 2.05) is 12.1 Å². The standard InChI is InChI=1S/C13H20N2O3/c1-14(8-12-5-3-7-18-12)13(17)9-15-6-2-4-11(15)10-16/h3,5,7,11,16H,2,4,6,8-10H2,1H3. The summed E-state index contributed by atoms with van der Waals surface area (Å²) in [5.41, 5.74) is 0. The molecule has 5 nitrogen and oxygen atoms in total. The minimum absolute atomic E-state index is 0.0618. The van der Waals surface area contributed by atoms with Crippen molar-refractivity contribution in [2.75, 3.05) is 26.7 Å². The van der Waals surface area contributed by atoms with Gasteiger partial charge in [0.25, 0.3) is 0 Å². The highest BCUT2D eigenvalue weighted by molar-refractivity contribution is 5.78. The Hall–Kier alpha value is -1.33. The Morgan fingerprint density at radius 3 is 3.17 bits per heavy atom. The molecule has 5 heteroatoms. The van der Waals surface area contributed by atoms with E-state index in [0.717, 1.165) is 25.1 Å². The maximum atomic E-state index is 12.0.